The average molecular weight is 414 g/mol. The molecule has 0 unspecified atom stereocenters. The molecule has 0 saturated heterocycles. The summed E-state index contributed by atoms with van der Waals surface area (Å²) >= 11 is 5.88. The molecule has 0 fully saturated rings. The number of rotatable bonds is 9. The van der Waals surface area contributed by atoms with Crippen molar-refractivity contribution in [1.82, 2.24) is 0 Å². The molecule has 0 aliphatic rings. The largest absolute Gasteiger partial charge is 0.503 e. The van der Waals surface area contributed by atoms with Crippen LogP contribution in [0.2, 0.25) is 5.02 Å². The number of hydrogen-bond acceptors (Lipinski definition) is 5. The summed E-state index contributed by atoms with van der Waals surface area (Å²) in [5.41, 5.74) is 3.52. The first-order valence-electron chi connectivity index (χ1n) is 9.13. The Kier molecular flexibility index (Phi) is 8.99. The Morgan fingerprint density at radius 1 is 1.14 bits per heavy atom. The van der Waals surface area contributed by atoms with E-state index in [1.54, 1.807) is 6.92 Å². The van der Waals surface area contributed by atoms with Crippen LogP contribution in [0.3, 0.4) is 0 Å². The average Bonchev–Trinajstić information content (AvgIpc) is 2.72. The van der Waals surface area contributed by atoms with Crippen LogP contribution >= 0.6 is 11.6 Å². The molecule has 0 N–H and O–H groups in total. The number of carbonyl (C=O) groups is 1. The number of esters is 1. The molecule has 0 amide bonds. The third-order valence-corrected chi connectivity index (χ3v) is 4.11. The minimum atomic E-state index is -0.452. The maximum Gasteiger partial charge on any atom is 0.341 e. The van der Waals surface area contributed by atoms with E-state index in [-0.39, 0.29) is 13.2 Å². The van der Waals surface area contributed by atoms with Crippen molar-refractivity contribution in [1.29, 1.82) is 0 Å². The summed E-state index contributed by atoms with van der Waals surface area (Å²) in [6.07, 6.45) is 5.15. The van der Waals surface area contributed by atoms with Crippen molar-refractivity contribution < 1.29 is 19.1 Å². The second kappa shape index (κ2) is 11.7. The summed E-state index contributed by atoms with van der Waals surface area (Å²) in [6, 6.07) is 14.9. The van der Waals surface area contributed by atoms with Crippen LogP contribution in [-0.2, 0) is 25.7 Å². The van der Waals surface area contributed by atoms with Crippen LogP contribution < -0.4 is 0 Å². The monoisotopic (exact) mass is 413 g/mol. The Bertz CT molecular complexity index is 901. The Balaban J connectivity index is 2.08. The Morgan fingerprint density at radius 3 is 2.55 bits per heavy atom. The quantitative estimate of drug-likeness (QED) is 0.179. The number of benzene rings is 2. The number of nitrogens with zero attached hydrogens (tertiary/aromatic N) is 1. The molecule has 2 rings (SSSR count). The van der Waals surface area contributed by atoms with Gasteiger partial charge in [0.05, 0.1) is 25.7 Å². The molecule has 152 valence electrons. The molecule has 6 heteroatoms. The van der Waals surface area contributed by atoms with E-state index in [2.05, 4.69) is 5.16 Å². The van der Waals surface area contributed by atoms with E-state index >= 15 is 0 Å². The third-order valence-electron chi connectivity index (χ3n) is 3.85. The van der Waals surface area contributed by atoms with Crippen molar-refractivity contribution in [2.45, 2.75) is 20.5 Å². The first-order valence-corrected chi connectivity index (χ1v) is 9.51. The number of oxime groups is 1. The Labute approximate surface area is 176 Å². The normalized spacial score (nSPS) is 12.1. The molecule has 2 aromatic rings. The molecule has 0 aliphatic heterocycles. The fraction of sp³-hybridized carbons (Fsp3) is 0.217. The highest BCUT2D eigenvalue weighted by Crippen LogP contribution is 2.22. The highest BCUT2D eigenvalue weighted by Gasteiger charge is 2.17. The standard InChI is InChI=1S/C23H24ClNO4/c1-4-28-23(26)22(16-27-3)21-8-6-5-7-19(21)15-29-25-17(2)9-10-18-11-13-20(24)14-12-18/h5-14,16H,4,15H2,1-3H3. The summed E-state index contributed by atoms with van der Waals surface area (Å²) in [5, 5.41) is 4.81. The second-order valence-electron chi connectivity index (χ2n) is 6.04. The maximum atomic E-state index is 12.3. The predicted molar refractivity (Wildman–Crippen MR) is 116 cm³/mol. The van der Waals surface area contributed by atoms with Crippen LogP contribution in [-0.4, -0.2) is 25.4 Å². The molecule has 0 aromatic heterocycles. The van der Waals surface area contributed by atoms with Crippen LogP contribution in [0.5, 0.6) is 0 Å². The lowest BCUT2D eigenvalue weighted by molar-refractivity contribution is -0.136. The maximum absolute atomic E-state index is 12.3. The lowest BCUT2D eigenvalue weighted by Gasteiger charge is -2.11. The number of hydrogen-bond donors (Lipinski definition) is 0. The van der Waals surface area contributed by atoms with Crippen molar-refractivity contribution in [3.63, 3.8) is 0 Å². The van der Waals surface area contributed by atoms with Gasteiger partial charge in [-0.05, 0) is 43.2 Å². The van der Waals surface area contributed by atoms with Gasteiger partial charge in [0.1, 0.15) is 12.2 Å². The molecule has 29 heavy (non-hydrogen) atoms. The van der Waals surface area contributed by atoms with Crippen molar-refractivity contribution in [2.75, 3.05) is 13.7 Å². The molecule has 0 radical (unpaired) electrons. The number of halogens is 1. The van der Waals surface area contributed by atoms with Gasteiger partial charge in [0.15, 0.2) is 0 Å². The van der Waals surface area contributed by atoms with Gasteiger partial charge in [0.2, 0.25) is 0 Å². The van der Waals surface area contributed by atoms with Gasteiger partial charge in [-0.15, -0.1) is 0 Å². The zero-order chi connectivity index (χ0) is 21.1. The molecule has 5 nitrogen and oxygen atoms in total. The summed E-state index contributed by atoms with van der Waals surface area (Å²) in [4.78, 5) is 17.7. The molecule has 0 aliphatic carbocycles. The number of carbonyl (C=O) groups excluding carboxylic acids is 1. The van der Waals surface area contributed by atoms with E-state index in [0.717, 1.165) is 11.1 Å². The summed E-state index contributed by atoms with van der Waals surface area (Å²) in [5.74, 6) is -0.452. The van der Waals surface area contributed by atoms with E-state index < -0.39 is 5.97 Å². The molecule has 0 heterocycles. The molecule has 0 saturated carbocycles. The van der Waals surface area contributed by atoms with Crippen molar-refractivity contribution in [3.05, 3.63) is 82.6 Å². The lowest BCUT2D eigenvalue weighted by atomic mass is 10.0. The van der Waals surface area contributed by atoms with Crippen LogP contribution in [0.15, 0.2) is 66.0 Å². The minimum Gasteiger partial charge on any atom is -0.503 e. The zero-order valence-electron chi connectivity index (χ0n) is 16.7. The molecule has 0 atom stereocenters. The minimum absolute atomic E-state index is 0.197. The smallest absolute Gasteiger partial charge is 0.341 e. The molecule has 2 aromatic carbocycles. The van der Waals surface area contributed by atoms with Crippen LogP contribution in [0, 0.1) is 0 Å². The van der Waals surface area contributed by atoms with Crippen molar-refractivity contribution in [3.8, 4) is 0 Å². The number of allylic oxidation sites excluding steroid dienone is 1. The zero-order valence-corrected chi connectivity index (χ0v) is 17.5. The van der Waals surface area contributed by atoms with Gasteiger partial charge in [0.25, 0.3) is 0 Å². The lowest BCUT2D eigenvalue weighted by Crippen LogP contribution is -2.09. The van der Waals surface area contributed by atoms with E-state index in [1.165, 1.54) is 13.4 Å². The van der Waals surface area contributed by atoms with Gasteiger partial charge >= 0.3 is 5.97 Å². The third kappa shape index (κ3) is 7.12. The molecular weight excluding hydrogens is 390 g/mol. The number of ether oxygens (including phenoxy) is 2. The highest BCUT2D eigenvalue weighted by molar-refractivity contribution is 6.30. The molecular formula is C23H24ClNO4. The predicted octanol–water partition coefficient (Wildman–Crippen LogP) is 5.50. The second-order valence-corrected chi connectivity index (χ2v) is 6.47. The van der Waals surface area contributed by atoms with Crippen LogP contribution in [0.4, 0.5) is 0 Å². The first-order chi connectivity index (χ1) is 14.0. The van der Waals surface area contributed by atoms with E-state index in [4.69, 9.17) is 25.9 Å². The Morgan fingerprint density at radius 2 is 1.86 bits per heavy atom. The SMILES string of the molecule is CCOC(=O)C(=COC)c1ccccc1CON=C(C)C=Cc1ccc(Cl)cc1. The number of methoxy groups -OCH3 is 1. The molecule has 0 spiro atoms. The summed E-state index contributed by atoms with van der Waals surface area (Å²) in [6.45, 7) is 4.07. The van der Waals surface area contributed by atoms with E-state index in [0.29, 0.717) is 21.9 Å². The molecule has 0 bridgehead atoms. The van der Waals surface area contributed by atoms with Gasteiger partial charge in [-0.1, -0.05) is 59.2 Å². The van der Waals surface area contributed by atoms with Crippen LogP contribution in [0.1, 0.15) is 30.5 Å². The summed E-state index contributed by atoms with van der Waals surface area (Å²) < 4.78 is 10.2. The van der Waals surface area contributed by atoms with Gasteiger partial charge in [0, 0.05) is 10.6 Å². The fourth-order valence-corrected chi connectivity index (χ4v) is 2.61. The van der Waals surface area contributed by atoms with E-state index in [9.17, 15) is 4.79 Å². The topological polar surface area (TPSA) is 57.1 Å². The first kappa shape index (κ1) is 22.2. The van der Waals surface area contributed by atoms with Gasteiger partial charge < -0.3 is 14.3 Å². The fourth-order valence-electron chi connectivity index (χ4n) is 2.48. The van der Waals surface area contributed by atoms with Crippen molar-refractivity contribution >= 4 is 34.9 Å². The van der Waals surface area contributed by atoms with Crippen molar-refractivity contribution in [2.24, 2.45) is 5.16 Å². The Hall–Kier alpha value is -3.05. The summed E-state index contributed by atoms with van der Waals surface area (Å²) in [7, 11) is 1.49. The van der Waals surface area contributed by atoms with Gasteiger partial charge in [-0.3, -0.25) is 0 Å². The van der Waals surface area contributed by atoms with Gasteiger partial charge in [-0.25, -0.2) is 4.79 Å². The van der Waals surface area contributed by atoms with Crippen LogP contribution in [0.25, 0.3) is 11.6 Å². The highest BCUT2D eigenvalue weighted by atomic mass is 35.5. The van der Waals surface area contributed by atoms with E-state index in [1.807, 2.05) is 67.6 Å². The van der Waals surface area contributed by atoms with Gasteiger partial charge in [-0.2, -0.15) is 0 Å².